The molecule has 0 aliphatic heterocycles. The molecule has 2 aromatic heterocycles. The summed E-state index contributed by atoms with van der Waals surface area (Å²) < 4.78 is 44.6. The van der Waals surface area contributed by atoms with E-state index in [4.69, 9.17) is 0 Å². The summed E-state index contributed by atoms with van der Waals surface area (Å²) in [6.07, 6.45) is -4.65. The van der Waals surface area contributed by atoms with Crippen molar-refractivity contribution >= 4 is 31.9 Å². The number of alkyl halides is 3. The van der Waals surface area contributed by atoms with Gasteiger partial charge in [-0.15, -0.1) is 0 Å². The predicted octanol–water partition coefficient (Wildman–Crippen LogP) is 8.21. The predicted molar refractivity (Wildman–Crippen MR) is 136 cm³/mol. The van der Waals surface area contributed by atoms with Crippen LogP contribution in [0, 0.1) is 0 Å². The Morgan fingerprint density at radius 2 is 1.20 bits per heavy atom. The van der Waals surface area contributed by atoms with Crippen molar-refractivity contribution in [3.05, 3.63) is 106 Å². The van der Waals surface area contributed by atoms with Crippen LogP contribution in [0.5, 0.6) is 0 Å². The highest BCUT2D eigenvalue weighted by molar-refractivity contribution is 9.10. The zero-order valence-corrected chi connectivity index (χ0v) is 21.0. The van der Waals surface area contributed by atoms with E-state index >= 15 is 0 Å². The third-order valence-corrected chi connectivity index (χ3v) is 6.31. The number of hydrogen-bond acceptors (Lipinski definition) is 3. The Hall–Kier alpha value is -3.30. The minimum atomic E-state index is -4.65. The molecule has 35 heavy (non-hydrogen) atoms. The molecule has 0 unspecified atom stereocenters. The van der Waals surface area contributed by atoms with E-state index in [1.165, 1.54) is 4.68 Å². The molecule has 0 spiro atoms. The third kappa shape index (κ3) is 5.06. The quantitative estimate of drug-likeness (QED) is 0.209. The zero-order valence-electron chi connectivity index (χ0n) is 17.8. The van der Waals surface area contributed by atoms with E-state index in [1.807, 2.05) is 54.6 Å². The van der Waals surface area contributed by atoms with Crippen LogP contribution in [0.3, 0.4) is 0 Å². The van der Waals surface area contributed by atoms with Crippen molar-refractivity contribution < 1.29 is 13.2 Å². The summed E-state index contributed by atoms with van der Waals surface area (Å²) in [7, 11) is 0. The molecule has 0 aliphatic rings. The van der Waals surface area contributed by atoms with Crippen molar-refractivity contribution in [1.29, 1.82) is 0 Å². The summed E-state index contributed by atoms with van der Waals surface area (Å²) in [6, 6.07) is 26.4. The van der Waals surface area contributed by atoms with E-state index in [-0.39, 0.29) is 11.6 Å². The molecule has 0 N–H and O–H groups in total. The van der Waals surface area contributed by atoms with Crippen molar-refractivity contribution in [3.63, 3.8) is 0 Å². The molecule has 0 bridgehead atoms. The van der Waals surface area contributed by atoms with Gasteiger partial charge in [0.2, 0.25) is 0 Å². The van der Waals surface area contributed by atoms with Crippen molar-refractivity contribution in [2.75, 3.05) is 0 Å². The molecule has 4 nitrogen and oxygen atoms in total. The average molecular weight is 600 g/mol. The Morgan fingerprint density at radius 1 is 0.629 bits per heavy atom. The molecule has 0 atom stereocenters. The molecule has 3 aromatic carbocycles. The Bertz CT molecular complexity index is 1480. The number of benzene rings is 3. The highest BCUT2D eigenvalue weighted by Crippen LogP contribution is 2.33. The van der Waals surface area contributed by atoms with Gasteiger partial charge in [0.25, 0.3) is 5.95 Å². The van der Waals surface area contributed by atoms with Gasteiger partial charge in [-0.25, -0.2) is 9.97 Å². The van der Waals surface area contributed by atoms with Crippen molar-refractivity contribution in [3.8, 4) is 39.7 Å². The molecule has 5 rings (SSSR count). The maximum atomic E-state index is 13.8. The van der Waals surface area contributed by atoms with Crippen LogP contribution >= 0.6 is 31.9 Å². The Kier molecular flexibility index (Phi) is 6.29. The van der Waals surface area contributed by atoms with E-state index < -0.39 is 11.9 Å². The highest BCUT2D eigenvalue weighted by Gasteiger charge is 2.34. The third-order valence-electron chi connectivity index (χ3n) is 5.25. The van der Waals surface area contributed by atoms with E-state index in [1.54, 1.807) is 30.3 Å². The van der Waals surface area contributed by atoms with Crippen LogP contribution in [0.2, 0.25) is 0 Å². The van der Waals surface area contributed by atoms with Crippen LogP contribution in [0.25, 0.3) is 39.7 Å². The van der Waals surface area contributed by atoms with Gasteiger partial charge in [-0.3, -0.25) is 0 Å². The van der Waals surface area contributed by atoms with E-state index in [0.29, 0.717) is 17.0 Å². The van der Waals surface area contributed by atoms with Crippen LogP contribution < -0.4 is 0 Å². The fourth-order valence-corrected chi connectivity index (χ4v) is 4.08. The van der Waals surface area contributed by atoms with Gasteiger partial charge in [-0.05, 0) is 36.4 Å². The molecular weight excluding hydrogens is 585 g/mol. The lowest BCUT2D eigenvalue weighted by molar-refractivity contribution is -0.141. The maximum Gasteiger partial charge on any atom is 0.433 e. The van der Waals surface area contributed by atoms with Crippen LogP contribution in [-0.4, -0.2) is 19.7 Å². The maximum absolute atomic E-state index is 13.8. The topological polar surface area (TPSA) is 43.6 Å². The second-order valence-electron chi connectivity index (χ2n) is 7.64. The van der Waals surface area contributed by atoms with Crippen LogP contribution in [0.15, 0.2) is 99.9 Å². The van der Waals surface area contributed by atoms with Crippen LogP contribution in [-0.2, 0) is 6.18 Å². The van der Waals surface area contributed by atoms with Crippen molar-refractivity contribution in [2.45, 2.75) is 6.18 Å². The molecule has 0 aliphatic carbocycles. The first-order valence-electron chi connectivity index (χ1n) is 10.4. The molecule has 0 amide bonds. The Balaban J connectivity index is 1.75. The molecule has 174 valence electrons. The van der Waals surface area contributed by atoms with Gasteiger partial charge in [0.15, 0.2) is 5.69 Å². The smallest absolute Gasteiger partial charge is 0.211 e. The Morgan fingerprint density at radius 3 is 1.80 bits per heavy atom. The minimum absolute atomic E-state index is 0.158. The molecular formula is C26H15Br2F3N4. The van der Waals surface area contributed by atoms with Crippen LogP contribution in [0.4, 0.5) is 13.2 Å². The first-order valence-corrected chi connectivity index (χ1v) is 12.0. The van der Waals surface area contributed by atoms with Gasteiger partial charge in [0.05, 0.1) is 17.1 Å². The summed E-state index contributed by atoms with van der Waals surface area (Å²) in [5.41, 5.74) is 2.37. The normalized spacial score (nSPS) is 11.6. The minimum Gasteiger partial charge on any atom is -0.211 e. The fourth-order valence-electron chi connectivity index (χ4n) is 3.55. The number of halogens is 5. The highest BCUT2D eigenvalue weighted by atomic mass is 79.9. The van der Waals surface area contributed by atoms with Gasteiger partial charge < -0.3 is 0 Å². The number of hydrogen-bond donors (Lipinski definition) is 0. The average Bonchev–Trinajstić information content (AvgIpc) is 3.30. The monoisotopic (exact) mass is 598 g/mol. The molecule has 0 saturated heterocycles. The largest absolute Gasteiger partial charge is 0.433 e. The van der Waals surface area contributed by atoms with E-state index in [9.17, 15) is 13.2 Å². The lowest BCUT2D eigenvalue weighted by atomic mass is 10.1. The lowest BCUT2D eigenvalue weighted by Crippen LogP contribution is -2.14. The second-order valence-corrected chi connectivity index (χ2v) is 9.47. The molecule has 9 heteroatoms. The fraction of sp³-hybridized carbons (Fsp3) is 0.0385. The van der Waals surface area contributed by atoms with Gasteiger partial charge in [0.1, 0.15) is 0 Å². The summed E-state index contributed by atoms with van der Waals surface area (Å²) >= 11 is 6.84. The molecule has 5 aromatic rings. The SMILES string of the molecule is FC(F)(F)c1cc(-c2ccccc2)nc(-n2nc(-c3ccc(Br)cc3)cc2-c2ccc(Br)cc2)n1. The second kappa shape index (κ2) is 9.39. The van der Waals surface area contributed by atoms with Crippen molar-refractivity contribution in [2.24, 2.45) is 0 Å². The van der Waals surface area contributed by atoms with Crippen LogP contribution in [0.1, 0.15) is 5.69 Å². The standard InChI is InChI=1S/C26H15Br2F3N4/c27-19-10-6-17(7-11-19)22-14-23(18-8-12-20(28)13-9-18)35(34-22)25-32-21(16-4-2-1-3-5-16)15-24(33-25)26(29,30)31/h1-15H. The van der Waals surface area contributed by atoms with Gasteiger partial charge in [0, 0.05) is 25.6 Å². The first-order chi connectivity index (χ1) is 16.8. The molecule has 0 fully saturated rings. The molecule has 0 radical (unpaired) electrons. The van der Waals surface area contributed by atoms with E-state index in [0.717, 1.165) is 26.1 Å². The Labute approximate surface area is 215 Å². The van der Waals surface area contributed by atoms with Gasteiger partial charge in [-0.1, -0.05) is 86.5 Å². The van der Waals surface area contributed by atoms with Gasteiger partial charge in [-0.2, -0.15) is 23.0 Å². The van der Waals surface area contributed by atoms with Crippen molar-refractivity contribution in [1.82, 2.24) is 19.7 Å². The van der Waals surface area contributed by atoms with E-state index in [2.05, 4.69) is 46.9 Å². The van der Waals surface area contributed by atoms with Gasteiger partial charge >= 0.3 is 6.18 Å². The lowest BCUT2D eigenvalue weighted by Gasteiger charge is -2.12. The molecule has 0 saturated carbocycles. The summed E-state index contributed by atoms with van der Waals surface area (Å²) in [4.78, 5) is 8.36. The summed E-state index contributed by atoms with van der Waals surface area (Å²) in [5.74, 6) is -0.167. The number of rotatable bonds is 4. The summed E-state index contributed by atoms with van der Waals surface area (Å²) in [5, 5.41) is 4.63. The molecule has 2 heterocycles. The first kappa shape index (κ1) is 23.4. The zero-order chi connectivity index (χ0) is 24.6. The number of aromatic nitrogens is 4. The number of nitrogens with zero attached hydrogens (tertiary/aromatic N) is 4. The summed E-state index contributed by atoms with van der Waals surface area (Å²) in [6.45, 7) is 0.